The van der Waals surface area contributed by atoms with Gasteiger partial charge in [-0.3, -0.25) is 4.79 Å². The van der Waals surface area contributed by atoms with Gasteiger partial charge < -0.3 is 5.32 Å². The van der Waals surface area contributed by atoms with Crippen molar-refractivity contribution in [1.82, 2.24) is 15.1 Å². The quantitative estimate of drug-likeness (QED) is 0.698. The summed E-state index contributed by atoms with van der Waals surface area (Å²) < 4.78 is 39.3. The maximum atomic E-state index is 12.5. The van der Waals surface area contributed by atoms with E-state index in [0.717, 1.165) is 23.4 Å². The predicted molar refractivity (Wildman–Crippen MR) is 95.6 cm³/mol. The highest BCUT2D eigenvalue weighted by Crippen LogP contribution is 2.29. The van der Waals surface area contributed by atoms with Gasteiger partial charge in [0.05, 0.1) is 23.9 Å². The molecule has 0 radical (unpaired) electrons. The van der Waals surface area contributed by atoms with Crippen LogP contribution >= 0.6 is 11.6 Å². The van der Waals surface area contributed by atoms with Crippen LogP contribution in [0.2, 0.25) is 5.02 Å². The number of aromatic nitrogens is 2. The van der Waals surface area contributed by atoms with Crippen molar-refractivity contribution in [1.29, 1.82) is 0 Å². The fourth-order valence-corrected chi connectivity index (χ4v) is 2.57. The first kappa shape index (κ1) is 19.0. The molecule has 3 aromatic rings. The molecular formula is C19H15ClF3N3O. The summed E-state index contributed by atoms with van der Waals surface area (Å²) in [6.07, 6.45) is -0.969. The number of carbonyl (C=O) groups is 1. The summed E-state index contributed by atoms with van der Waals surface area (Å²) in [6, 6.07) is 11.7. The molecule has 0 unspecified atom stereocenters. The first-order chi connectivity index (χ1) is 12.8. The van der Waals surface area contributed by atoms with E-state index in [1.807, 2.05) is 12.1 Å². The lowest BCUT2D eigenvalue weighted by atomic mass is 10.1. The second-order valence-corrected chi connectivity index (χ2v) is 6.35. The summed E-state index contributed by atoms with van der Waals surface area (Å²) in [6.45, 7) is 0.271. The molecule has 0 saturated heterocycles. The largest absolute Gasteiger partial charge is 0.416 e. The molecule has 140 valence electrons. The number of rotatable bonds is 5. The third-order valence-electron chi connectivity index (χ3n) is 3.86. The molecule has 0 aliphatic heterocycles. The van der Waals surface area contributed by atoms with Gasteiger partial charge >= 0.3 is 6.18 Å². The number of hydrogen-bond donors (Lipinski definition) is 1. The van der Waals surface area contributed by atoms with Crippen molar-refractivity contribution in [3.63, 3.8) is 0 Å². The number of nitrogens with one attached hydrogen (secondary N) is 1. The number of benzene rings is 2. The second-order valence-electron chi connectivity index (χ2n) is 5.92. The Hall–Kier alpha value is -2.80. The molecule has 27 heavy (non-hydrogen) atoms. The first-order valence-electron chi connectivity index (χ1n) is 8.03. The minimum absolute atomic E-state index is 0.00343. The topological polar surface area (TPSA) is 46.9 Å². The average Bonchev–Trinajstić information content (AvgIpc) is 3.09. The predicted octanol–water partition coefficient (Wildman–Crippen LogP) is 4.40. The van der Waals surface area contributed by atoms with Gasteiger partial charge in [-0.15, -0.1) is 0 Å². The molecule has 0 saturated carbocycles. The van der Waals surface area contributed by atoms with Crippen LogP contribution in [-0.2, 0) is 23.9 Å². The van der Waals surface area contributed by atoms with E-state index >= 15 is 0 Å². The van der Waals surface area contributed by atoms with Gasteiger partial charge in [0.2, 0.25) is 5.91 Å². The van der Waals surface area contributed by atoms with Gasteiger partial charge in [-0.05, 0) is 42.0 Å². The van der Waals surface area contributed by atoms with E-state index in [1.54, 1.807) is 29.2 Å². The van der Waals surface area contributed by atoms with Crippen molar-refractivity contribution >= 4 is 17.5 Å². The zero-order chi connectivity index (χ0) is 19.4. The number of nitrogens with zero attached hydrogens (tertiary/aromatic N) is 2. The van der Waals surface area contributed by atoms with Crippen LogP contribution in [0.4, 0.5) is 13.2 Å². The zero-order valence-corrected chi connectivity index (χ0v) is 14.8. The van der Waals surface area contributed by atoms with Crippen molar-refractivity contribution < 1.29 is 18.0 Å². The van der Waals surface area contributed by atoms with E-state index in [4.69, 9.17) is 11.6 Å². The smallest absolute Gasteiger partial charge is 0.352 e. The highest BCUT2D eigenvalue weighted by Gasteiger charge is 2.29. The van der Waals surface area contributed by atoms with Crippen molar-refractivity contribution in [3.05, 3.63) is 82.6 Å². The molecule has 0 fully saturated rings. The van der Waals surface area contributed by atoms with Crippen LogP contribution in [-0.4, -0.2) is 15.7 Å². The molecule has 1 N–H and O–H groups in total. The molecule has 3 rings (SSSR count). The molecule has 1 aromatic heterocycles. The molecule has 1 heterocycles. The lowest BCUT2D eigenvalue weighted by Crippen LogP contribution is -2.24. The molecule has 0 bridgehead atoms. The number of alkyl halides is 3. The maximum Gasteiger partial charge on any atom is 0.416 e. The molecular weight excluding hydrogens is 379 g/mol. The average molecular weight is 394 g/mol. The first-order valence-corrected chi connectivity index (χ1v) is 8.41. The van der Waals surface area contributed by atoms with Crippen molar-refractivity contribution in [2.75, 3.05) is 0 Å². The van der Waals surface area contributed by atoms with E-state index in [1.165, 1.54) is 12.1 Å². The lowest BCUT2D eigenvalue weighted by Gasteiger charge is -2.08. The Morgan fingerprint density at radius 2 is 1.70 bits per heavy atom. The molecule has 0 atom stereocenters. The maximum absolute atomic E-state index is 12.5. The van der Waals surface area contributed by atoms with Crippen LogP contribution in [0.1, 0.15) is 16.7 Å². The monoisotopic (exact) mass is 393 g/mol. The molecule has 0 spiro atoms. The van der Waals surface area contributed by atoms with Crippen molar-refractivity contribution in [3.8, 4) is 5.69 Å². The Balaban J connectivity index is 1.54. The van der Waals surface area contributed by atoms with Gasteiger partial charge in [0.25, 0.3) is 0 Å². The third kappa shape index (κ3) is 5.10. The summed E-state index contributed by atoms with van der Waals surface area (Å²) in [7, 11) is 0. The summed E-state index contributed by atoms with van der Waals surface area (Å²) in [4.78, 5) is 12.0. The third-order valence-corrected chi connectivity index (χ3v) is 4.11. The van der Waals surface area contributed by atoms with Crippen molar-refractivity contribution in [2.45, 2.75) is 19.1 Å². The van der Waals surface area contributed by atoms with Gasteiger partial charge in [0.15, 0.2) is 0 Å². The SMILES string of the molecule is O=C(Cc1ccc(C(F)(F)F)cc1)NCc1cnn(-c2ccc(Cl)cc2)c1. The van der Waals surface area contributed by atoms with E-state index < -0.39 is 11.7 Å². The fraction of sp³-hybridized carbons (Fsp3) is 0.158. The number of carbonyl (C=O) groups excluding carboxylic acids is 1. The van der Waals surface area contributed by atoms with Crippen LogP contribution < -0.4 is 5.32 Å². The summed E-state index contributed by atoms with van der Waals surface area (Å²) in [5.74, 6) is -0.283. The Morgan fingerprint density at radius 3 is 2.33 bits per heavy atom. The highest BCUT2D eigenvalue weighted by molar-refractivity contribution is 6.30. The van der Waals surface area contributed by atoms with Crippen LogP contribution in [0.5, 0.6) is 0 Å². The Morgan fingerprint density at radius 1 is 1.04 bits per heavy atom. The van der Waals surface area contributed by atoms with E-state index in [-0.39, 0.29) is 18.9 Å². The second kappa shape index (κ2) is 7.84. The highest BCUT2D eigenvalue weighted by atomic mass is 35.5. The summed E-state index contributed by atoms with van der Waals surface area (Å²) in [5.41, 5.74) is 1.41. The van der Waals surface area contributed by atoms with E-state index in [0.29, 0.717) is 10.6 Å². The van der Waals surface area contributed by atoms with Crippen LogP contribution in [0, 0.1) is 0 Å². The lowest BCUT2D eigenvalue weighted by molar-refractivity contribution is -0.137. The minimum atomic E-state index is -4.38. The molecule has 8 heteroatoms. The summed E-state index contributed by atoms with van der Waals surface area (Å²) >= 11 is 5.85. The molecule has 2 aromatic carbocycles. The number of hydrogen-bond acceptors (Lipinski definition) is 2. The van der Waals surface area contributed by atoms with Gasteiger partial charge in [0.1, 0.15) is 0 Å². The van der Waals surface area contributed by atoms with Crippen LogP contribution in [0.15, 0.2) is 60.9 Å². The molecule has 4 nitrogen and oxygen atoms in total. The molecule has 0 aliphatic rings. The molecule has 1 amide bonds. The van der Waals surface area contributed by atoms with Gasteiger partial charge in [-0.2, -0.15) is 18.3 Å². The van der Waals surface area contributed by atoms with E-state index in [9.17, 15) is 18.0 Å². The Labute approximate surface area is 158 Å². The summed E-state index contributed by atoms with van der Waals surface area (Å²) in [5, 5.41) is 7.58. The Bertz CT molecular complexity index is 919. The number of halogens is 4. The number of amides is 1. The van der Waals surface area contributed by atoms with E-state index in [2.05, 4.69) is 10.4 Å². The normalized spacial score (nSPS) is 11.4. The van der Waals surface area contributed by atoms with Crippen LogP contribution in [0.25, 0.3) is 5.69 Å². The Kier molecular flexibility index (Phi) is 5.51. The van der Waals surface area contributed by atoms with Crippen LogP contribution in [0.3, 0.4) is 0 Å². The van der Waals surface area contributed by atoms with Crippen molar-refractivity contribution in [2.24, 2.45) is 0 Å². The fourth-order valence-electron chi connectivity index (χ4n) is 2.45. The zero-order valence-electron chi connectivity index (χ0n) is 14.0. The minimum Gasteiger partial charge on any atom is -0.352 e. The standard InChI is InChI=1S/C19H15ClF3N3O/c20-16-5-7-17(8-6-16)26-12-14(11-25-26)10-24-18(27)9-13-1-3-15(4-2-13)19(21,22)23/h1-8,11-12H,9-10H2,(H,24,27). The van der Waals surface area contributed by atoms with Gasteiger partial charge in [-0.25, -0.2) is 4.68 Å². The van der Waals surface area contributed by atoms with Gasteiger partial charge in [0, 0.05) is 23.3 Å². The van der Waals surface area contributed by atoms with Gasteiger partial charge in [-0.1, -0.05) is 23.7 Å². The molecule has 0 aliphatic carbocycles.